The van der Waals surface area contributed by atoms with Crippen molar-refractivity contribution in [3.63, 3.8) is 0 Å². The third-order valence-electron chi connectivity index (χ3n) is 8.06. The zero-order valence-corrected chi connectivity index (χ0v) is 25.4. The predicted octanol–water partition coefficient (Wildman–Crippen LogP) is 2.64. The number of nitrogens with one attached hydrogen (secondary N) is 1. The highest BCUT2D eigenvalue weighted by Crippen LogP contribution is 2.29. The molecule has 2 aliphatic rings. The van der Waals surface area contributed by atoms with Gasteiger partial charge in [-0.05, 0) is 49.9 Å². The maximum Gasteiger partial charge on any atom is 0.227 e. The number of methoxy groups -OCH3 is 1. The van der Waals surface area contributed by atoms with Crippen LogP contribution in [-0.4, -0.2) is 110 Å². The summed E-state index contributed by atoms with van der Waals surface area (Å²) in [5.74, 6) is 1.33. The molecule has 1 saturated heterocycles. The average Bonchev–Trinajstić information content (AvgIpc) is 3.04. The number of nitrogens with zero attached hydrogens (tertiary/aromatic N) is 3. The monoisotopic (exact) mass is 582 g/mol. The van der Waals surface area contributed by atoms with Crippen LogP contribution in [0.25, 0.3) is 0 Å². The maximum absolute atomic E-state index is 13.5. The van der Waals surface area contributed by atoms with Gasteiger partial charge in [0, 0.05) is 62.9 Å². The van der Waals surface area contributed by atoms with Gasteiger partial charge in [-0.2, -0.15) is 0 Å². The topological polar surface area (TPSA) is 104 Å². The summed E-state index contributed by atoms with van der Waals surface area (Å²) < 4.78 is 17.3. The van der Waals surface area contributed by atoms with Crippen LogP contribution >= 0.6 is 0 Å². The molecular formula is C32H46N4O6. The van der Waals surface area contributed by atoms with E-state index >= 15 is 0 Å². The molecule has 10 nitrogen and oxygen atoms in total. The Kier molecular flexibility index (Phi) is 11.6. The van der Waals surface area contributed by atoms with Crippen molar-refractivity contribution in [1.82, 2.24) is 14.7 Å². The molecule has 0 bridgehead atoms. The molecule has 10 heteroatoms. The van der Waals surface area contributed by atoms with E-state index in [1.165, 1.54) is 0 Å². The zero-order chi connectivity index (χ0) is 30.1. The quantitative estimate of drug-likeness (QED) is 0.417. The van der Waals surface area contributed by atoms with E-state index in [-0.39, 0.29) is 42.9 Å². The van der Waals surface area contributed by atoms with Gasteiger partial charge in [-0.25, -0.2) is 0 Å². The van der Waals surface area contributed by atoms with Crippen molar-refractivity contribution < 1.29 is 28.9 Å². The Labute approximate surface area is 249 Å². The number of rotatable bonds is 11. The number of benzene rings is 2. The number of morpholine rings is 1. The van der Waals surface area contributed by atoms with Crippen molar-refractivity contribution >= 4 is 17.5 Å². The second-order valence-corrected chi connectivity index (χ2v) is 11.5. The van der Waals surface area contributed by atoms with Gasteiger partial charge in [-0.15, -0.1) is 0 Å². The highest BCUT2D eigenvalue weighted by molar-refractivity contribution is 5.91. The van der Waals surface area contributed by atoms with Crippen molar-refractivity contribution in [2.24, 2.45) is 5.92 Å². The molecule has 4 rings (SSSR count). The molecule has 2 heterocycles. The van der Waals surface area contributed by atoms with Crippen LogP contribution in [0.1, 0.15) is 31.4 Å². The lowest BCUT2D eigenvalue weighted by Gasteiger charge is -2.34. The van der Waals surface area contributed by atoms with Gasteiger partial charge in [-0.3, -0.25) is 19.4 Å². The summed E-state index contributed by atoms with van der Waals surface area (Å²) >= 11 is 0. The van der Waals surface area contributed by atoms with Gasteiger partial charge in [0.25, 0.3) is 0 Å². The summed E-state index contributed by atoms with van der Waals surface area (Å²) in [4.78, 5) is 32.4. The molecule has 230 valence electrons. The summed E-state index contributed by atoms with van der Waals surface area (Å²) in [6.45, 7) is 9.42. The second kappa shape index (κ2) is 15.3. The molecule has 2 N–H and O–H groups in total. The second-order valence-electron chi connectivity index (χ2n) is 11.5. The van der Waals surface area contributed by atoms with E-state index in [9.17, 15) is 14.7 Å². The van der Waals surface area contributed by atoms with Gasteiger partial charge in [0.15, 0.2) is 0 Å². The average molecular weight is 583 g/mol. The Hall–Kier alpha value is -3.18. The lowest BCUT2D eigenvalue weighted by Crippen LogP contribution is -2.47. The molecule has 1 fully saturated rings. The first-order chi connectivity index (χ1) is 20.2. The van der Waals surface area contributed by atoms with Crippen LogP contribution in [0.15, 0.2) is 42.5 Å². The van der Waals surface area contributed by atoms with Gasteiger partial charge in [0.1, 0.15) is 17.6 Å². The van der Waals surface area contributed by atoms with Gasteiger partial charge >= 0.3 is 0 Å². The summed E-state index contributed by atoms with van der Waals surface area (Å²) in [6, 6.07) is 13.2. The van der Waals surface area contributed by atoms with E-state index in [4.69, 9.17) is 14.2 Å². The largest absolute Gasteiger partial charge is 0.497 e. The van der Waals surface area contributed by atoms with E-state index in [0.717, 1.165) is 36.5 Å². The number of carbonyl (C=O) groups is 2. The number of amides is 2. The molecule has 0 spiro atoms. The number of anilines is 1. The minimum atomic E-state index is -0.317. The SMILES string of the molecule is COc1ccc(CN(C)C[C@@H]2Oc3ccc(NC(=O)CCN4CCOCC4)cc3CC(=O)N([C@@H](C)CO)C[C@H]2C)cc1. The van der Waals surface area contributed by atoms with Gasteiger partial charge < -0.3 is 29.5 Å². The zero-order valence-electron chi connectivity index (χ0n) is 25.4. The number of aliphatic hydroxyl groups excluding tert-OH is 1. The Morgan fingerprint density at radius 1 is 1.19 bits per heavy atom. The molecule has 0 aromatic heterocycles. The molecule has 0 saturated carbocycles. The van der Waals surface area contributed by atoms with Gasteiger partial charge in [0.05, 0.1) is 39.4 Å². The number of ether oxygens (including phenoxy) is 3. The molecule has 2 aromatic rings. The van der Waals surface area contributed by atoms with Crippen LogP contribution in [0.5, 0.6) is 11.5 Å². The highest BCUT2D eigenvalue weighted by Gasteiger charge is 2.31. The Bertz CT molecular complexity index is 1170. The fraction of sp³-hybridized carbons (Fsp3) is 0.562. The highest BCUT2D eigenvalue weighted by atomic mass is 16.5. The van der Waals surface area contributed by atoms with Gasteiger partial charge in [0.2, 0.25) is 11.8 Å². The van der Waals surface area contributed by atoms with Crippen LogP contribution in [0, 0.1) is 5.92 Å². The van der Waals surface area contributed by atoms with Crippen molar-refractivity contribution in [2.45, 2.75) is 45.4 Å². The van der Waals surface area contributed by atoms with Crippen molar-refractivity contribution in [2.75, 3.05) is 72.0 Å². The minimum absolute atomic E-state index is 0.00628. The maximum atomic E-state index is 13.5. The summed E-state index contributed by atoms with van der Waals surface area (Å²) in [7, 11) is 3.72. The number of likely N-dealkylation sites (N-methyl/N-ethyl adjacent to an activating group) is 1. The molecule has 42 heavy (non-hydrogen) atoms. The molecule has 0 radical (unpaired) electrons. The number of fused-ring (bicyclic) bond motifs is 1. The van der Waals surface area contributed by atoms with Crippen LogP contribution in [0.4, 0.5) is 5.69 Å². The van der Waals surface area contributed by atoms with Crippen LogP contribution < -0.4 is 14.8 Å². The standard InChI is InChI=1S/C32H46N4O6/c1-23-19-36(24(2)22-37)32(39)18-26-17-27(33-31(38)11-12-35-13-15-41-16-14-35)7-10-29(26)42-30(23)21-34(3)20-25-5-8-28(40-4)9-6-25/h5-10,17,23-24,30,37H,11-16,18-22H2,1-4H3,(H,33,38)/t23-,24+,30+/m1/s1. The van der Waals surface area contributed by atoms with E-state index in [0.29, 0.717) is 50.7 Å². The molecule has 2 aliphatic heterocycles. The summed E-state index contributed by atoms with van der Waals surface area (Å²) in [5, 5.41) is 12.9. The van der Waals surface area contributed by atoms with E-state index < -0.39 is 0 Å². The third-order valence-corrected chi connectivity index (χ3v) is 8.06. The fourth-order valence-corrected chi connectivity index (χ4v) is 5.45. The molecule has 2 aromatic carbocycles. The Balaban J connectivity index is 1.49. The molecule has 0 unspecified atom stereocenters. The number of aliphatic hydroxyl groups is 1. The smallest absolute Gasteiger partial charge is 0.227 e. The lowest BCUT2D eigenvalue weighted by atomic mass is 10.0. The molecule has 2 amide bonds. The Morgan fingerprint density at radius 3 is 2.62 bits per heavy atom. The first-order valence-electron chi connectivity index (χ1n) is 14.9. The van der Waals surface area contributed by atoms with Crippen molar-refractivity contribution in [3.05, 3.63) is 53.6 Å². The van der Waals surface area contributed by atoms with Crippen molar-refractivity contribution in [3.8, 4) is 11.5 Å². The third kappa shape index (κ3) is 8.91. The lowest BCUT2D eigenvalue weighted by molar-refractivity contribution is -0.134. The first kappa shape index (κ1) is 31.7. The number of hydrogen-bond acceptors (Lipinski definition) is 8. The Morgan fingerprint density at radius 2 is 1.93 bits per heavy atom. The van der Waals surface area contributed by atoms with Crippen LogP contribution in [-0.2, 0) is 27.3 Å². The van der Waals surface area contributed by atoms with E-state index in [1.54, 1.807) is 12.0 Å². The summed E-state index contributed by atoms with van der Waals surface area (Å²) in [6.07, 6.45) is 0.299. The van der Waals surface area contributed by atoms with Crippen molar-refractivity contribution in [1.29, 1.82) is 0 Å². The number of hydrogen-bond donors (Lipinski definition) is 2. The first-order valence-corrected chi connectivity index (χ1v) is 14.9. The molecule has 0 aliphatic carbocycles. The minimum Gasteiger partial charge on any atom is -0.497 e. The van der Waals surface area contributed by atoms with E-state index in [2.05, 4.69) is 41.2 Å². The van der Waals surface area contributed by atoms with E-state index in [1.807, 2.05) is 37.3 Å². The molecule has 3 atom stereocenters. The van der Waals surface area contributed by atoms with Gasteiger partial charge in [-0.1, -0.05) is 19.1 Å². The molecular weight excluding hydrogens is 536 g/mol. The van der Waals surface area contributed by atoms with Crippen LogP contribution in [0.3, 0.4) is 0 Å². The predicted molar refractivity (Wildman–Crippen MR) is 162 cm³/mol. The van der Waals surface area contributed by atoms with Crippen LogP contribution in [0.2, 0.25) is 0 Å². The normalized spacial score (nSPS) is 20.6. The fourth-order valence-electron chi connectivity index (χ4n) is 5.45. The summed E-state index contributed by atoms with van der Waals surface area (Å²) in [5.41, 5.74) is 2.52. The number of carbonyl (C=O) groups excluding carboxylic acids is 2.